The molecule has 0 unspecified atom stereocenters. The van der Waals surface area contributed by atoms with Crippen molar-refractivity contribution in [1.29, 1.82) is 5.26 Å². The number of nitriles is 1. The fourth-order valence-corrected chi connectivity index (χ4v) is 3.16. The number of carbonyl (C=O) groups is 1. The molecule has 1 heterocycles. The molecule has 0 aliphatic rings. The molecule has 0 fully saturated rings. The van der Waals surface area contributed by atoms with E-state index in [0.717, 1.165) is 16.8 Å². The molecule has 0 saturated carbocycles. The van der Waals surface area contributed by atoms with Gasteiger partial charge in [-0.1, -0.05) is 29.8 Å². The molecule has 0 aliphatic heterocycles. The fraction of sp³-hybridized carbons (Fsp3) is 0.0952. The Kier molecular flexibility index (Phi) is 5.26. The van der Waals surface area contributed by atoms with Crippen LogP contribution in [-0.4, -0.2) is 10.9 Å². The molecule has 5 heteroatoms. The number of nitrogens with one attached hydrogen (secondary N) is 1. The predicted molar refractivity (Wildman–Crippen MR) is 106 cm³/mol. The van der Waals surface area contributed by atoms with Crippen LogP contribution in [-0.2, 0) is 0 Å². The molecule has 1 aromatic heterocycles. The van der Waals surface area contributed by atoms with E-state index in [1.54, 1.807) is 18.2 Å². The fourth-order valence-electron chi connectivity index (χ4n) is 2.40. The van der Waals surface area contributed by atoms with Crippen LogP contribution in [0.3, 0.4) is 0 Å². The predicted octanol–water partition coefficient (Wildman–Crippen LogP) is 5.08. The Hall–Kier alpha value is -3.23. The molecule has 26 heavy (non-hydrogen) atoms. The third kappa shape index (κ3) is 4.24. The van der Waals surface area contributed by atoms with E-state index >= 15 is 0 Å². The molecule has 1 amide bonds. The van der Waals surface area contributed by atoms with E-state index in [9.17, 15) is 10.1 Å². The van der Waals surface area contributed by atoms with Crippen LogP contribution in [0.1, 0.15) is 32.2 Å². The van der Waals surface area contributed by atoms with Crippen LogP contribution in [0.2, 0.25) is 0 Å². The van der Waals surface area contributed by atoms with Crippen molar-refractivity contribution in [3.05, 3.63) is 81.3 Å². The van der Waals surface area contributed by atoms with Gasteiger partial charge in [-0.3, -0.25) is 4.79 Å². The van der Waals surface area contributed by atoms with Crippen molar-refractivity contribution in [2.75, 3.05) is 5.32 Å². The molecule has 3 aromatic rings. The molecule has 0 radical (unpaired) electrons. The molecular formula is C21H17N3OS. The smallest absolute Gasteiger partial charge is 0.255 e. The van der Waals surface area contributed by atoms with Crippen LogP contribution in [0.25, 0.3) is 11.6 Å². The number of benzene rings is 2. The third-order valence-electron chi connectivity index (χ3n) is 3.74. The number of aryl methyl sites for hydroxylation is 2. The summed E-state index contributed by atoms with van der Waals surface area (Å²) in [5.41, 5.74) is 4.62. The quantitative estimate of drug-likeness (QED) is 0.661. The summed E-state index contributed by atoms with van der Waals surface area (Å²) in [7, 11) is 0. The first-order valence-electron chi connectivity index (χ1n) is 8.07. The Morgan fingerprint density at radius 3 is 2.62 bits per heavy atom. The first-order valence-corrected chi connectivity index (χ1v) is 8.95. The monoisotopic (exact) mass is 359 g/mol. The van der Waals surface area contributed by atoms with E-state index in [2.05, 4.69) is 16.4 Å². The van der Waals surface area contributed by atoms with E-state index in [1.807, 2.05) is 55.6 Å². The summed E-state index contributed by atoms with van der Waals surface area (Å²) >= 11 is 1.44. The molecule has 4 nitrogen and oxygen atoms in total. The van der Waals surface area contributed by atoms with Gasteiger partial charge in [-0.25, -0.2) is 4.98 Å². The van der Waals surface area contributed by atoms with E-state index in [0.29, 0.717) is 21.8 Å². The van der Waals surface area contributed by atoms with E-state index < -0.39 is 0 Å². The molecule has 128 valence electrons. The summed E-state index contributed by atoms with van der Waals surface area (Å²) in [4.78, 5) is 16.7. The van der Waals surface area contributed by atoms with Crippen LogP contribution in [0.5, 0.6) is 0 Å². The van der Waals surface area contributed by atoms with Gasteiger partial charge in [0.1, 0.15) is 11.1 Å². The lowest BCUT2D eigenvalue weighted by molar-refractivity contribution is 0.102. The number of hydrogen-bond acceptors (Lipinski definition) is 4. The molecule has 0 atom stereocenters. The number of amides is 1. The SMILES string of the molecule is Cc1ccc(C(=O)Nc2cccc(/C=C(\C#N)c3nc(C)cs3)c2)cc1. The highest BCUT2D eigenvalue weighted by Gasteiger charge is 2.08. The molecule has 0 saturated heterocycles. The molecule has 1 N–H and O–H groups in total. The Morgan fingerprint density at radius 2 is 1.96 bits per heavy atom. The number of aromatic nitrogens is 1. The Labute approximate surface area is 156 Å². The van der Waals surface area contributed by atoms with Crippen LogP contribution in [0, 0.1) is 25.2 Å². The van der Waals surface area contributed by atoms with Crippen molar-refractivity contribution >= 4 is 34.6 Å². The van der Waals surface area contributed by atoms with Crippen molar-refractivity contribution in [2.45, 2.75) is 13.8 Å². The highest BCUT2D eigenvalue weighted by atomic mass is 32.1. The lowest BCUT2D eigenvalue weighted by Crippen LogP contribution is -2.11. The van der Waals surface area contributed by atoms with Crippen molar-refractivity contribution < 1.29 is 4.79 Å². The number of anilines is 1. The summed E-state index contributed by atoms with van der Waals surface area (Å²) < 4.78 is 0. The van der Waals surface area contributed by atoms with Crippen LogP contribution in [0.4, 0.5) is 5.69 Å². The van der Waals surface area contributed by atoms with Crippen LogP contribution < -0.4 is 5.32 Å². The van der Waals surface area contributed by atoms with Crippen molar-refractivity contribution in [3.8, 4) is 6.07 Å². The Bertz CT molecular complexity index is 1010. The average molecular weight is 359 g/mol. The van der Waals surface area contributed by atoms with Crippen molar-refractivity contribution in [2.24, 2.45) is 0 Å². The first kappa shape index (κ1) is 17.6. The third-order valence-corrected chi connectivity index (χ3v) is 4.73. The van der Waals surface area contributed by atoms with Crippen LogP contribution >= 0.6 is 11.3 Å². The molecular weight excluding hydrogens is 342 g/mol. The van der Waals surface area contributed by atoms with Crippen molar-refractivity contribution in [1.82, 2.24) is 4.98 Å². The second kappa shape index (κ2) is 7.77. The zero-order chi connectivity index (χ0) is 18.5. The second-order valence-electron chi connectivity index (χ2n) is 5.91. The minimum Gasteiger partial charge on any atom is -0.322 e. The molecule has 0 spiro atoms. The lowest BCUT2D eigenvalue weighted by Gasteiger charge is -2.06. The second-order valence-corrected chi connectivity index (χ2v) is 6.77. The number of nitrogens with zero attached hydrogens (tertiary/aromatic N) is 2. The van der Waals surface area contributed by atoms with Crippen molar-refractivity contribution in [3.63, 3.8) is 0 Å². The maximum atomic E-state index is 12.4. The molecule has 0 aliphatic carbocycles. The first-order chi connectivity index (χ1) is 12.5. The number of carbonyl (C=O) groups excluding carboxylic acids is 1. The topological polar surface area (TPSA) is 65.8 Å². The van der Waals surface area contributed by atoms with Gasteiger partial charge in [0.15, 0.2) is 0 Å². The van der Waals surface area contributed by atoms with Gasteiger partial charge in [0.2, 0.25) is 0 Å². The summed E-state index contributed by atoms with van der Waals surface area (Å²) in [6, 6.07) is 17.0. The van der Waals surface area contributed by atoms with Gasteiger partial charge in [-0.2, -0.15) is 5.26 Å². The number of thiazole rings is 1. The molecule has 2 aromatic carbocycles. The minimum atomic E-state index is -0.165. The maximum absolute atomic E-state index is 12.4. The number of rotatable bonds is 4. The van der Waals surface area contributed by atoms with Gasteiger partial charge in [0.25, 0.3) is 5.91 Å². The maximum Gasteiger partial charge on any atom is 0.255 e. The molecule has 0 bridgehead atoms. The zero-order valence-electron chi connectivity index (χ0n) is 14.5. The summed E-state index contributed by atoms with van der Waals surface area (Å²) in [5.74, 6) is -0.165. The summed E-state index contributed by atoms with van der Waals surface area (Å²) in [5, 5.41) is 14.9. The highest BCUT2D eigenvalue weighted by Crippen LogP contribution is 2.22. The molecule has 3 rings (SSSR count). The standard InChI is InChI=1S/C21H17N3OS/c1-14-6-8-17(9-7-14)20(25)24-19-5-3-4-16(11-19)10-18(12-22)21-23-15(2)13-26-21/h3-11,13H,1-2H3,(H,24,25)/b18-10+. The zero-order valence-corrected chi connectivity index (χ0v) is 15.3. The number of hydrogen-bond donors (Lipinski definition) is 1. The van der Waals surface area contributed by atoms with Gasteiger partial charge in [0, 0.05) is 22.3 Å². The summed E-state index contributed by atoms with van der Waals surface area (Å²) in [6.45, 7) is 3.88. The number of allylic oxidation sites excluding steroid dienone is 1. The Balaban J connectivity index is 1.81. The lowest BCUT2D eigenvalue weighted by atomic mass is 10.1. The minimum absolute atomic E-state index is 0.165. The largest absolute Gasteiger partial charge is 0.322 e. The summed E-state index contributed by atoms with van der Waals surface area (Å²) in [6.07, 6.45) is 1.78. The van der Waals surface area contributed by atoms with Crippen LogP contribution in [0.15, 0.2) is 53.9 Å². The highest BCUT2D eigenvalue weighted by molar-refractivity contribution is 7.11. The van der Waals surface area contributed by atoms with E-state index in [4.69, 9.17) is 0 Å². The van der Waals surface area contributed by atoms with Gasteiger partial charge in [0.05, 0.1) is 5.57 Å². The Morgan fingerprint density at radius 1 is 1.19 bits per heavy atom. The normalized spacial score (nSPS) is 11.0. The van der Waals surface area contributed by atoms with Gasteiger partial charge < -0.3 is 5.32 Å². The van der Waals surface area contributed by atoms with Gasteiger partial charge >= 0.3 is 0 Å². The van der Waals surface area contributed by atoms with E-state index in [1.165, 1.54) is 11.3 Å². The van der Waals surface area contributed by atoms with Gasteiger partial charge in [-0.15, -0.1) is 11.3 Å². The van der Waals surface area contributed by atoms with Gasteiger partial charge in [-0.05, 0) is 49.8 Å². The average Bonchev–Trinajstić information content (AvgIpc) is 3.06. The van der Waals surface area contributed by atoms with E-state index in [-0.39, 0.29) is 5.91 Å².